The highest BCUT2D eigenvalue weighted by Crippen LogP contribution is 2.40. The van der Waals surface area contributed by atoms with Crippen molar-refractivity contribution in [1.82, 2.24) is 9.55 Å². The summed E-state index contributed by atoms with van der Waals surface area (Å²) in [5, 5.41) is 25.0. The van der Waals surface area contributed by atoms with Crippen molar-refractivity contribution in [3.63, 3.8) is 0 Å². The number of anilines is 1. The number of ether oxygens (including phenoxy) is 3. The minimum absolute atomic E-state index is 0.00677. The van der Waals surface area contributed by atoms with Crippen LogP contribution in [0.5, 0.6) is 11.5 Å². The van der Waals surface area contributed by atoms with Gasteiger partial charge in [-0.2, -0.15) is 4.98 Å². The van der Waals surface area contributed by atoms with Gasteiger partial charge in [0, 0.05) is 11.1 Å². The van der Waals surface area contributed by atoms with Crippen LogP contribution in [0.15, 0.2) is 81.5 Å². The highest BCUT2D eigenvalue weighted by atomic mass is 31.1. The summed E-state index contributed by atoms with van der Waals surface area (Å²) in [5.41, 5.74) is 10.9. The fraction of sp³-hybridized carbons (Fsp3) is 0.346. The zero-order valence-corrected chi connectivity index (χ0v) is 23.9. The Labute approximate surface area is 245 Å². The SMILES string of the molecule is CC(C)(N=[P+]([O-])Oc1ccccc1OC[C@@]1(N=[N+]=[N-])O[C@@H](n2ccc(N)nc2=O)[C@H](O)[C@@H]1O)C(=O)OCc1ccccc1. The first-order valence-corrected chi connectivity index (χ1v) is 13.8. The highest BCUT2D eigenvalue weighted by molar-refractivity contribution is 7.34. The number of hydrogen-bond acceptors (Lipinski definition) is 13. The summed E-state index contributed by atoms with van der Waals surface area (Å²) in [7, 11) is -2.82. The second kappa shape index (κ2) is 13.2. The Hall–Kier alpha value is -4.56. The van der Waals surface area contributed by atoms with Gasteiger partial charge in [0.1, 0.15) is 31.2 Å². The van der Waals surface area contributed by atoms with Gasteiger partial charge in [0.05, 0.1) is 0 Å². The van der Waals surface area contributed by atoms with Crippen LogP contribution in [0.3, 0.4) is 0 Å². The summed E-state index contributed by atoms with van der Waals surface area (Å²) in [6.07, 6.45) is -3.89. The number of rotatable bonds is 11. The molecule has 0 saturated carbocycles. The molecule has 4 rings (SSSR count). The average molecular weight is 614 g/mol. The van der Waals surface area contributed by atoms with E-state index in [1.54, 1.807) is 36.4 Å². The molecule has 1 unspecified atom stereocenters. The fourth-order valence-electron chi connectivity index (χ4n) is 3.99. The van der Waals surface area contributed by atoms with Gasteiger partial charge in [-0.25, -0.2) is 9.59 Å². The van der Waals surface area contributed by atoms with Gasteiger partial charge in [0.2, 0.25) is 11.5 Å². The third-order valence-electron chi connectivity index (χ3n) is 6.25. The molecule has 1 aliphatic heterocycles. The summed E-state index contributed by atoms with van der Waals surface area (Å²) < 4.78 is 27.0. The molecule has 3 aromatic rings. The van der Waals surface area contributed by atoms with E-state index in [0.29, 0.717) is 0 Å². The van der Waals surface area contributed by atoms with E-state index in [0.717, 1.165) is 10.1 Å². The Kier molecular flexibility index (Phi) is 9.61. The first kappa shape index (κ1) is 31.4. The van der Waals surface area contributed by atoms with Gasteiger partial charge in [-0.15, -0.1) is 0 Å². The molecule has 4 N–H and O–H groups in total. The van der Waals surface area contributed by atoms with Crippen LogP contribution in [0.4, 0.5) is 5.82 Å². The minimum Gasteiger partial charge on any atom is -0.575 e. The van der Waals surface area contributed by atoms with Crippen LogP contribution in [0.1, 0.15) is 25.6 Å². The zero-order chi connectivity index (χ0) is 31.2. The molecule has 16 nitrogen and oxygen atoms in total. The van der Waals surface area contributed by atoms with E-state index in [2.05, 4.69) is 19.8 Å². The molecule has 0 amide bonds. The van der Waals surface area contributed by atoms with E-state index in [4.69, 9.17) is 24.5 Å². The summed E-state index contributed by atoms with van der Waals surface area (Å²) in [6.45, 7) is 2.18. The van der Waals surface area contributed by atoms with E-state index in [1.165, 1.54) is 38.2 Å². The third-order valence-corrected chi connectivity index (χ3v) is 7.26. The number of carbonyl (C=O) groups excluding carboxylic acids is 1. The maximum absolute atomic E-state index is 12.8. The number of aromatic nitrogens is 2. The number of aliphatic hydroxyl groups is 2. The Balaban J connectivity index is 1.48. The lowest BCUT2D eigenvalue weighted by atomic mass is 10.1. The van der Waals surface area contributed by atoms with Gasteiger partial charge in [-0.1, -0.05) is 52.3 Å². The lowest BCUT2D eigenvalue weighted by Crippen LogP contribution is -2.46. The monoisotopic (exact) mass is 613 g/mol. The average Bonchev–Trinajstić information content (AvgIpc) is 3.21. The van der Waals surface area contributed by atoms with Crippen LogP contribution in [0.2, 0.25) is 0 Å². The number of esters is 1. The van der Waals surface area contributed by atoms with E-state index >= 15 is 0 Å². The van der Waals surface area contributed by atoms with Gasteiger partial charge in [0.15, 0.2) is 17.5 Å². The van der Waals surface area contributed by atoms with Crippen LogP contribution in [-0.4, -0.2) is 55.8 Å². The zero-order valence-electron chi connectivity index (χ0n) is 23.0. The molecular weight excluding hydrogens is 585 g/mol. The molecule has 1 aromatic heterocycles. The summed E-state index contributed by atoms with van der Waals surface area (Å²) in [4.78, 5) is 44.0. The number of nitrogen functional groups attached to an aromatic ring is 1. The largest absolute Gasteiger partial charge is 0.575 e. The van der Waals surface area contributed by atoms with Crippen molar-refractivity contribution in [2.45, 2.75) is 50.2 Å². The number of nitrogens with two attached hydrogens (primary N) is 1. The summed E-state index contributed by atoms with van der Waals surface area (Å²) in [6, 6.07) is 16.2. The normalized spacial score (nSPS) is 22.0. The quantitative estimate of drug-likeness (QED) is 0.0927. The van der Waals surface area contributed by atoms with Crippen LogP contribution in [-0.2, 0) is 20.9 Å². The smallest absolute Gasteiger partial charge is 0.395 e. The number of aliphatic hydroxyl groups excluding tert-OH is 2. The number of nitrogens with zero attached hydrogens (tertiary/aromatic N) is 6. The van der Waals surface area contributed by atoms with E-state index in [9.17, 15) is 30.2 Å². The standard InChI is InChI=1S/C26H28N7O9P/c1-25(2,23(36)39-14-16-8-4-3-5-9-16)31-43(38)42-18-11-7-6-10-17(18)40-15-26(30-32-28)21(35)20(34)22(41-26)33-13-12-19(27)29-24(33)37/h3-13,20-22,34-35H,14-15H2,1-2H3,(H2,27,29,37)/t20-,21+,22-,26-/m1/s1. The van der Waals surface area contributed by atoms with Crippen LogP contribution < -0.4 is 25.6 Å². The molecule has 0 aliphatic carbocycles. The van der Waals surface area contributed by atoms with Crippen LogP contribution in [0.25, 0.3) is 10.4 Å². The number of hydrogen-bond donors (Lipinski definition) is 3. The van der Waals surface area contributed by atoms with Gasteiger partial charge in [-0.3, -0.25) is 9.09 Å². The van der Waals surface area contributed by atoms with Crippen molar-refractivity contribution >= 4 is 20.0 Å². The van der Waals surface area contributed by atoms with Crippen LogP contribution in [0, 0.1) is 0 Å². The van der Waals surface area contributed by atoms with Gasteiger partial charge >= 0.3 is 19.8 Å². The summed E-state index contributed by atoms with van der Waals surface area (Å²) >= 11 is 0. The molecule has 1 aliphatic rings. The first-order chi connectivity index (χ1) is 20.5. The molecule has 0 radical (unpaired) electrons. The molecule has 2 heterocycles. The van der Waals surface area contributed by atoms with Crippen LogP contribution >= 0.6 is 8.17 Å². The van der Waals surface area contributed by atoms with Gasteiger partial charge in [0.25, 0.3) is 0 Å². The predicted molar refractivity (Wildman–Crippen MR) is 149 cm³/mol. The Bertz CT molecular complexity index is 1600. The lowest BCUT2D eigenvalue weighted by molar-refractivity contribution is -0.170. The molecule has 0 bridgehead atoms. The molecule has 5 atom stereocenters. The van der Waals surface area contributed by atoms with Gasteiger partial charge in [-0.05, 0) is 43.1 Å². The topological polar surface area (TPSA) is 240 Å². The molecule has 17 heteroatoms. The van der Waals surface area contributed by atoms with Gasteiger partial charge < -0.3 is 35.1 Å². The number of para-hydroxylation sites is 2. The van der Waals surface area contributed by atoms with Crippen molar-refractivity contribution < 1.29 is 38.6 Å². The molecule has 0 spiro atoms. The van der Waals surface area contributed by atoms with Crippen molar-refractivity contribution in [3.05, 3.63) is 93.4 Å². The molecule has 1 saturated heterocycles. The van der Waals surface area contributed by atoms with Crippen molar-refractivity contribution in [1.29, 1.82) is 0 Å². The second-order valence-electron chi connectivity index (χ2n) is 9.81. The number of azide groups is 1. The lowest BCUT2D eigenvalue weighted by Gasteiger charge is -2.26. The minimum atomic E-state index is -2.82. The van der Waals surface area contributed by atoms with Crippen molar-refractivity contribution in [2.75, 3.05) is 12.3 Å². The fourth-order valence-corrected chi connectivity index (χ4v) is 4.84. The maximum Gasteiger partial charge on any atom is 0.395 e. The first-order valence-electron chi connectivity index (χ1n) is 12.7. The maximum atomic E-state index is 12.8. The molecule has 1 fully saturated rings. The van der Waals surface area contributed by atoms with E-state index in [-0.39, 0.29) is 23.9 Å². The number of benzene rings is 2. The van der Waals surface area contributed by atoms with E-state index in [1.807, 2.05) is 6.07 Å². The predicted octanol–water partition coefficient (Wildman–Crippen LogP) is 1.92. The second-order valence-corrected chi connectivity index (χ2v) is 10.7. The number of carbonyl (C=O) groups is 1. The Morgan fingerprint density at radius 1 is 1.21 bits per heavy atom. The molecule has 226 valence electrons. The molecular formula is C26H28N7O9P. The molecule has 2 aromatic carbocycles. The van der Waals surface area contributed by atoms with E-state index < -0.39 is 56.1 Å². The van der Waals surface area contributed by atoms with Crippen molar-refractivity contribution in [2.24, 2.45) is 9.86 Å². The highest BCUT2D eigenvalue weighted by Gasteiger charge is 2.56. The third kappa shape index (κ3) is 7.27. The van der Waals surface area contributed by atoms with Crippen molar-refractivity contribution in [3.8, 4) is 11.5 Å². The summed E-state index contributed by atoms with van der Waals surface area (Å²) in [5.74, 6) is -0.897. The Morgan fingerprint density at radius 3 is 2.56 bits per heavy atom. The Morgan fingerprint density at radius 2 is 1.88 bits per heavy atom. The molecule has 43 heavy (non-hydrogen) atoms.